The van der Waals surface area contributed by atoms with Gasteiger partial charge in [-0.1, -0.05) is 26.0 Å². The number of carbonyl (C=O) groups excluding carboxylic acids is 1. The van der Waals surface area contributed by atoms with Gasteiger partial charge in [-0.15, -0.1) is 0 Å². The number of hydrogen-bond acceptors (Lipinski definition) is 3. The Morgan fingerprint density at radius 2 is 1.85 bits per heavy atom. The summed E-state index contributed by atoms with van der Waals surface area (Å²) in [5.74, 6) is 2.59. The summed E-state index contributed by atoms with van der Waals surface area (Å²) >= 11 is 0. The fourth-order valence-corrected chi connectivity index (χ4v) is 2.32. The van der Waals surface area contributed by atoms with Gasteiger partial charge >= 0.3 is 0 Å². The summed E-state index contributed by atoms with van der Waals surface area (Å²) < 4.78 is 5.70. The van der Waals surface area contributed by atoms with E-state index in [1.165, 1.54) is 0 Å². The third-order valence-corrected chi connectivity index (χ3v) is 3.94. The molecule has 0 bridgehead atoms. The van der Waals surface area contributed by atoms with Crippen molar-refractivity contribution in [2.45, 2.75) is 40.2 Å². The monoisotopic (exact) mass is 360 g/mol. The van der Waals surface area contributed by atoms with Gasteiger partial charge in [0.15, 0.2) is 5.96 Å². The topological polar surface area (TPSA) is 74.8 Å². The Kier molecular flexibility index (Phi) is 8.25. The van der Waals surface area contributed by atoms with Crippen molar-refractivity contribution in [2.75, 3.05) is 26.2 Å². The average molecular weight is 361 g/mol. The minimum Gasteiger partial charge on any atom is -0.493 e. The molecule has 0 aliphatic heterocycles. The number of aliphatic imine (C=N–C) groups is 1. The van der Waals surface area contributed by atoms with E-state index in [-0.39, 0.29) is 11.8 Å². The van der Waals surface area contributed by atoms with Crippen LogP contribution in [0.5, 0.6) is 5.75 Å². The molecule has 1 aliphatic rings. The predicted octanol–water partition coefficient (Wildman–Crippen LogP) is 2.30. The normalized spacial score (nSPS) is 14.2. The molecule has 26 heavy (non-hydrogen) atoms. The Morgan fingerprint density at radius 3 is 2.46 bits per heavy atom. The van der Waals surface area contributed by atoms with Crippen LogP contribution < -0.4 is 20.7 Å². The first kappa shape index (κ1) is 20.1. The predicted molar refractivity (Wildman–Crippen MR) is 105 cm³/mol. The highest BCUT2D eigenvalue weighted by Crippen LogP contribution is 2.28. The molecule has 0 saturated heterocycles. The van der Waals surface area contributed by atoms with E-state index in [0.29, 0.717) is 25.6 Å². The van der Waals surface area contributed by atoms with Crippen molar-refractivity contribution in [3.8, 4) is 5.75 Å². The van der Waals surface area contributed by atoms with Crippen LogP contribution in [-0.2, 0) is 11.3 Å². The minimum absolute atomic E-state index is 0.175. The van der Waals surface area contributed by atoms with Crippen LogP contribution in [0, 0.1) is 11.8 Å². The van der Waals surface area contributed by atoms with E-state index >= 15 is 0 Å². The van der Waals surface area contributed by atoms with Gasteiger partial charge < -0.3 is 20.7 Å². The maximum atomic E-state index is 11.6. The zero-order valence-electron chi connectivity index (χ0n) is 16.2. The van der Waals surface area contributed by atoms with Crippen LogP contribution in [0.1, 0.15) is 39.2 Å². The van der Waals surface area contributed by atoms with Crippen LogP contribution >= 0.6 is 0 Å². The highest BCUT2D eigenvalue weighted by molar-refractivity contribution is 5.81. The minimum atomic E-state index is 0.175. The number of guanidine groups is 1. The van der Waals surface area contributed by atoms with Crippen LogP contribution in [0.2, 0.25) is 0 Å². The molecule has 1 aromatic carbocycles. The van der Waals surface area contributed by atoms with Gasteiger partial charge in [-0.2, -0.15) is 0 Å². The first-order chi connectivity index (χ1) is 12.6. The molecular formula is C20H32N4O2. The first-order valence-corrected chi connectivity index (χ1v) is 9.60. The number of carbonyl (C=O) groups is 1. The third kappa shape index (κ3) is 7.76. The molecule has 3 N–H and O–H groups in total. The molecule has 1 aromatic rings. The highest BCUT2D eigenvalue weighted by Gasteiger charge is 2.28. The highest BCUT2D eigenvalue weighted by atomic mass is 16.5. The van der Waals surface area contributed by atoms with Gasteiger partial charge in [0.25, 0.3) is 0 Å². The van der Waals surface area contributed by atoms with Crippen LogP contribution in [0.3, 0.4) is 0 Å². The molecule has 0 radical (unpaired) electrons. The molecule has 1 fully saturated rings. The van der Waals surface area contributed by atoms with Gasteiger partial charge in [0.05, 0.1) is 13.2 Å². The molecule has 1 saturated carbocycles. The number of benzene rings is 1. The fourth-order valence-electron chi connectivity index (χ4n) is 2.32. The Hall–Kier alpha value is -2.24. The summed E-state index contributed by atoms with van der Waals surface area (Å²) in [6.45, 7) is 9.69. The summed E-state index contributed by atoms with van der Waals surface area (Å²) in [6, 6.07) is 8.05. The smallest absolute Gasteiger partial charge is 0.223 e. The van der Waals surface area contributed by atoms with Crippen molar-refractivity contribution in [1.29, 1.82) is 0 Å². The summed E-state index contributed by atoms with van der Waals surface area (Å²) in [5, 5.41) is 9.41. The summed E-state index contributed by atoms with van der Waals surface area (Å²) in [7, 11) is 0. The van der Waals surface area contributed by atoms with Crippen molar-refractivity contribution in [2.24, 2.45) is 16.8 Å². The van der Waals surface area contributed by atoms with Gasteiger partial charge in [-0.25, -0.2) is 4.99 Å². The van der Waals surface area contributed by atoms with Crippen LogP contribution in [0.4, 0.5) is 0 Å². The Morgan fingerprint density at radius 1 is 1.15 bits per heavy atom. The molecule has 2 rings (SSSR count). The van der Waals surface area contributed by atoms with E-state index in [2.05, 4.69) is 34.8 Å². The molecule has 0 heterocycles. The molecule has 6 nitrogen and oxygen atoms in total. The van der Waals surface area contributed by atoms with E-state index in [4.69, 9.17) is 4.74 Å². The molecule has 0 spiro atoms. The van der Waals surface area contributed by atoms with Crippen molar-refractivity contribution < 1.29 is 9.53 Å². The Balaban J connectivity index is 1.74. The molecule has 0 unspecified atom stereocenters. The lowest BCUT2D eigenvalue weighted by atomic mass is 10.2. The largest absolute Gasteiger partial charge is 0.493 e. The zero-order valence-corrected chi connectivity index (χ0v) is 16.2. The SMILES string of the molecule is CCNC(=NCc1ccc(OCC(C)C)cc1)NCCNC(=O)C1CC1. The van der Waals surface area contributed by atoms with E-state index in [1.807, 2.05) is 31.2 Å². The van der Waals surface area contributed by atoms with E-state index in [1.54, 1.807) is 0 Å². The van der Waals surface area contributed by atoms with E-state index in [9.17, 15) is 4.79 Å². The van der Waals surface area contributed by atoms with Gasteiger partial charge in [0, 0.05) is 25.6 Å². The maximum Gasteiger partial charge on any atom is 0.223 e. The lowest BCUT2D eigenvalue weighted by molar-refractivity contribution is -0.122. The van der Waals surface area contributed by atoms with Crippen molar-refractivity contribution in [1.82, 2.24) is 16.0 Å². The summed E-state index contributed by atoms with van der Waals surface area (Å²) in [4.78, 5) is 16.2. The number of amides is 1. The van der Waals surface area contributed by atoms with Gasteiger partial charge in [0.1, 0.15) is 5.75 Å². The van der Waals surface area contributed by atoms with E-state index in [0.717, 1.165) is 43.3 Å². The first-order valence-electron chi connectivity index (χ1n) is 9.60. The molecule has 144 valence electrons. The zero-order chi connectivity index (χ0) is 18.8. The summed E-state index contributed by atoms with van der Waals surface area (Å²) in [5.41, 5.74) is 1.13. The van der Waals surface area contributed by atoms with Gasteiger partial charge in [-0.05, 0) is 43.4 Å². The number of nitrogens with zero attached hydrogens (tertiary/aromatic N) is 1. The molecule has 1 aliphatic carbocycles. The number of nitrogens with one attached hydrogen (secondary N) is 3. The van der Waals surface area contributed by atoms with Crippen LogP contribution in [-0.4, -0.2) is 38.1 Å². The lowest BCUT2D eigenvalue weighted by Crippen LogP contribution is -2.41. The van der Waals surface area contributed by atoms with Crippen molar-refractivity contribution in [3.05, 3.63) is 29.8 Å². The number of hydrogen-bond donors (Lipinski definition) is 3. The molecule has 0 aromatic heterocycles. The maximum absolute atomic E-state index is 11.6. The third-order valence-electron chi connectivity index (χ3n) is 3.94. The fraction of sp³-hybridized carbons (Fsp3) is 0.600. The second-order valence-electron chi connectivity index (χ2n) is 7.04. The quantitative estimate of drug-likeness (QED) is 0.340. The molecular weight excluding hydrogens is 328 g/mol. The van der Waals surface area contributed by atoms with Gasteiger partial charge in [0.2, 0.25) is 5.91 Å². The summed E-state index contributed by atoms with van der Waals surface area (Å²) in [6.07, 6.45) is 2.06. The second kappa shape index (κ2) is 10.7. The second-order valence-corrected chi connectivity index (χ2v) is 7.04. The molecule has 0 atom stereocenters. The van der Waals surface area contributed by atoms with Crippen LogP contribution in [0.15, 0.2) is 29.3 Å². The Labute approximate surface area is 156 Å². The lowest BCUT2D eigenvalue weighted by Gasteiger charge is -2.12. The standard InChI is InChI=1S/C20H32N4O2/c1-4-21-20(23-12-11-22-19(25)17-7-8-17)24-13-16-5-9-18(10-6-16)26-14-15(2)3/h5-6,9-10,15,17H,4,7-8,11-14H2,1-3H3,(H,22,25)(H2,21,23,24). The average Bonchev–Trinajstić information content (AvgIpc) is 3.47. The molecule has 6 heteroatoms. The Bertz CT molecular complexity index is 580. The number of rotatable bonds is 10. The van der Waals surface area contributed by atoms with Crippen molar-refractivity contribution in [3.63, 3.8) is 0 Å². The number of ether oxygens (including phenoxy) is 1. The molecule has 1 amide bonds. The van der Waals surface area contributed by atoms with Crippen molar-refractivity contribution >= 4 is 11.9 Å². The van der Waals surface area contributed by atoms with E-state index < -0.39 is 0 Å². The van der Waals surface area contributed by atoms with Crippen LogP contribution in [0.25, 0.3) is 0 Å². The van der Waals surface area contributed by atoms with Gasteiger partial charge in [-0.3, -0.25) is 4.79 Å².